The van der Waals surface area contributed by atoms with E-state index in [1.165, 1.54) is 23.8 Å². The van der Waals surface area contributed by atoms with Gasteiger partial charge in [0.15, 0.2) is 0 Å². The maximum absolute atomic E-state index is 13.2. The first-order chi connectivity index (χ1) is 13.3. The number of carbonyl (C=O) groups excluding carboxylic acids is 1. The first-order valence-corrected chi connectivity index (χ1v) is 9.02. The van der Waals surface area contributed by atoms with Crippen molar-refractivity contribution in [3.05, 3.63) is 59.3 Å². The molecule has 0 atom stereocenters. The molecule has 1 saturated carbocycles. The van der Waals surface area contributed by atoms with Crippen LogP contribution in [0.1, 0.15) is 32.3 Å². The molecule has 1 aliphatic heterocycles. The summed E-state index contributed by atoms with van der Waals surface area (Å²) in [7, 11) is 0. The number of benzene rings is 1. The van der Waals surface area contributed by atoms with E-state index >= 15 is 0 Å². The van der Waals surface area contributed by atoms with Gasteiger partial charge < -0.3 is 14.8 Å². The zero-order valence-electron chi connectivity index (χ0n) is 15.9. The summed E-state index contributed by atoms with van der Waals surface area (Å²) in [5.74, 6) is -1.69. The molecule has 3 N–H and O–H groups in total. The maximum atomic E-state index is 13.2. The molecule has 0 saturated heterocycles. The van der Waals surface area contributed by atoms with Crippen molar-refractivity contribution >= 4 is 12.1 Å². The Hall–Kier alpha value is -2.55. The number of carbonyl (C=O) groups is 1. The van der Waals surface area contributed by atoms with Crippen LogP contribution in [0.3, 0.4) is 0 Å². The minimum absolute atomic E-state index is 0.199. The van der Waals surface area contributed by atoms with Crippen molar-refractivity contribution < 1.29 is 23.9 Å². The molecule has 1 aliphatic carbocycles. The molecular weight excluding hydrogens is 365 g/mol. The van der Waals surface area contributed by atoms with E-state index in [1.54, 1.807) is 18.4 Å². The van der Waals surface area contributed by atoms with E-state index in [0.717, 1.165) is 35.8 Å². The molecule has 28 heavy (non-hydrogen) atoms. The highest BCUT2D eigenvalue weighted by Gasteiger charge is 2.44. The fraction of sp³-hybridized carbons (Fsp3) is 0.400. The summed E-state index contributed by atoms with van der Waals surface area (Å²) in [6, 6.07) is 6.49. The van der Waals surface area contributed by atoms with Crippen LogP contribution in [-0.2, 0) is 19.8 Å². The Morgan fingerprint density at radius 2 is 2.04 bits per heavy atom. The van der Waals surface area contributed by atoms with Gasteiger partial charge in [-0.05, 0) is 36.1 Å². The Labute approximate surface area is 162 Å². The predicted molar refractivity (Wildman–Crippen MR) is 101 cm³/mol. The fourth-order valence-corrected chi connectivity index (χ4v) is 2.89. The number of halogens is 1. The summed E-state index contributed by atoms with van der Waals surface area (Å²) >= 11 is 0. The number of amides is 1. The summed E-state index contributed by atoms with van der Waals surface area (Å²) in [6.07, 6.45) is 6.03. The molecule has 3 rings (SSSR count). The molecule has 8 heteroatoms. The lowest BCUT2D eigenvalue weighted by molar-refractivity contribution is -0.188. The topological polar surface area (TPSA) is 92.2 Å². The van der Waals surface area contributed by atoms with Crippen molar-refractivity contribution in [3.8, 4) is 0 Å². The number of rotatable bonds is 7. The summed E-state index contributed by atoms with van der Waals surface area (Å²) in [4.78, 5) is 15.1. The lowest BCUT2D eigenvalue weighted by Crippen LogP contribution is -2.34. The van der Waals surface area contributed by atoms with Crippen LogP contribution in [-0.4, -0.2) is 36.3 Å². The van der Waals surface area contributed by atoms with Crippen LogP contribution >= 0.6 is 0 Å². The Balaban J connectivity index is 1.75. The Morgan fingerprint density at radius 1 is 1.32 bits per heavy atom. The molecule has 2 aliphatic rings. The van der Waals surface area contributed by atoms with Crippen LogP contribution in [0.25, 0.3) is 0 Å². The Morgan fingerprint density at radius 3 is 2.61 bits per heavy atom. The van der Waals surface area contributed by atoms with Gasteiger partial charge in [-0.2, -0.15) is 0 Å². The average molecular weight is 389 g/mol. The summed E-state index contributed by atoms with van der Waals surface area (Å²) in [5, 5.41) is 12.1. The normalized spacial score (nSPS) is 20.4. The summed E-state index contributed by atoms with van der Waals surface area (Å²) in [6.45, 7) is 4.43. The monoisotopic (exact) mass is 389 g/mol. The van der Waals surface area contributed by atoms with E-state index in [9.17, 15) is 9.18 Å². The van der Waals surface area contributed by atoms with Gasteiger partial charge in [0.1, 0.15) is 5.82 Å². The van der Waals surface area contributed by atoms with Gasteiger partial charge in [0.05, 0.1) is 19.1 Å². The highest BCUT2D eigenvalue weighted by Crippen LogP contribution is 2.45. The van der Waals surface area contributed by atoms with Crippen molar-refractivity contribution in [2.75, 3.05) is 13.2 Å². The minimum Gasteiger partial charge on any atom is -0.470 e. The lowest BCUT2D eigenvalue weighted by Gasteiger charge is -2.31. The largest absolute Gasteiger partial charge is 0.470 e. The number of ether oxygens (including phenoxy) is 2. The summed E-state index contributed by atoms with van der Waals surface area (Å²) in [5.41, 5.74) is 3.90. The van der Waals surface area contributed by atoms with Crippen LogP contribution in [0.2, 0.25) is 0 Å². The molecule has 1 aromatic carbocycles. The fourth-order valence-electron chi connectivity index (χ4n) is 2.89. The first-order valence-electron chi connectivity index (χ1n) is 9.02. The van der Waals surface area contributed by atoms with Crippen LogP contribution in [0.15, 0.2) is 52.9 Å². The number of hydroxylamine groups is 1. The minimum atomic E-state index is -0.722. The second-order valence-electron chi connectivity index (χ2n) is 7.30. The molecule has 0 spiro atoms. The number of nitrogens with one attached hydrogen (secondary N) is 2. The molecule has 150 valence electrons. The second kappa shape index (κ2) is 8.22. The molecule has 0 bridgehead atoms. The van der Waals surface area contributed by atoms with Crippen molar-refractivity contribution in [2.24, 2.45) is 4.99 Å². The maximum Gasteiger partial charge on any atom is 0.285 e. The third-order valence-electron chi connectivity index (χ3n) is 4.77. The third kappa shape index (κ3) is 5.03. The first kappa shape index (κ1) is 20.2. The molecule has 1 aromatic rings. The molecule has 1 amide bonds. The van der Waals surface area contributed by atoms with Crippen LogP contribution in [0.5, 0.6) is 0 Å². The van der Waals surface area contributed by atoms with E-state index in [0.29, 0.717) is 13.2 Å². The van der Waals surface area contributed by atoms with E-state index in [4.69, 9.17) is 14.7 Å². The average Bonchev–Trinajstić information content (AvgIpc) is 3.46. The lowest BCUT2D eigenvalue weighted by atomic mass is 10.0. The molecule has 1 fully saturated rings. The van der Waals surface area contributed by atoms with Crippen molar-refractivity contribution in [2.45, 2.75) is 38.0 Å². The zero-order chi connectivity index (χ0) is 20.2. The van der Waals surface area contributed by atoms with Gasteiger partial charge in [-0.25, -0.2) is 9.87 Å². The van der Waals surface area contributed by atoms with E-state index in [1.807, 2.05) is 13.8 Å². The summed E-state index contributed by atoms with van der Waals surface area (Å²) < 4.78 is 24.5. The van der Waals surface area contributed by atoms with Crippen LogP contribution < -0.4 is 10.8 Å². The van der Waals surface area contributed by atoms with Crippen molar-refractivity contribution in [1.82, 2.24) is 10.8 Å². The highest BCUT2D eigenvalue weighted by molar-refractivity contribution is 6.25. The van der Waals surface area contributed by atoms with Crippen molar-refractivity contribution in [1.29, 1.82) is 0 Å². The van der Waals surface area contributed by atoms with Gasteiger partial charge >= 0.3 is 0 Å². The predicted octanol–water partition coefficient (Wildman–Crippen LogP) is 2.53. The number of hydrogen-bond donors (Lipinski definition) is 3. The Bertz CT molecular complexity index is 811. The van der Waals surface area contributed by atoms with Gasteiger partial charge in [-0.15, -0.1) is 0 Å². The third-order valence-corrected chi connectivity index (χ3v) is 4.77. The molecular formula is C20H24FN3O4. The van der Waals surface area contributed by atoms with Crippen molar-refractivity contribution in [3.63, 3.8) is 0 Å². The highest BCUT2D eigenvalue weighted by atomic mass is 19.1. The van der Waals surface area contributed by atoms with E-state index in [2.05, 4.69) is 10.3 Å². The molecule has 7 nitrogen and oxygen atoms in total. The Kier molecular flexibility index (Phi) is 5.93. The SMILES string of the molecule is CC1(C)OC=C(/C(=C\N=C\C(=O)NO)CNC2(c3ccc(F)cc3)CC2)CO1. The van der Waals surface area contributed by atoms with Crippen LogP contribution in [0, 0.1) is 5.82 Å². The van der Waals surface area contributed by atoms with Crippen LogP contribution in [0.4, 0.5) is 4.39 Å². The molecule has 0 aromatic heterocycles. The second-order valence-corrected chi connectivity index (χ2v) is 7.30. The number of hydrogen-bond acceptors (Lipinski definition) is 6. The molecule has 0 radical (unpaired) electrons. The van der Waals surface area contributed by atoms with E-state index in [-0.39, 0.29) is 11.4 Å². The van der Waals surface area contributed by atoms with E-state index < -0.39 is 11.7 Å². The molecule has 1 heterocycles. The quantitative estimate of drug-likeness (QED) is 0.379. The zero-order valence-corrected chi connectivity index (χ0v) is 15.9. The number of aliphatic imine (C=N–C) groups is 1. The van der Waals surface area contributed by atoms with Gasteiger partial charge in [-0.3, -0.25) is 15.0 Å². The van der Waals surface area contributed by atoms with Gasteiger partial charge in [0, 0.05) is 37.7 Å². The van der Waals surface area contributed by atoms with Gasteiger partial charge in [0.2, 0.25) is 5.79 Å². The standard InChI is InChI=1S/C20H24FN3O4/c1-19(2)27-12-15(13-28-19)14(9-22-11-18(25)24-26)10-23-20(7-8-20)16-3-5-17(21)6-4-16/h3-6,9,11-12,23,26H,7-8,10,13H2,1-2H3,(H,24,25)/b14-9-,22-11+. The molecule has 0 unspecified atom stereocenters. The van der Waals surface area contributed by atoms with Gasteiger partial charge in [-0.1, -0.05) is 12.1 Å². The van der Waals surface area contributed by atoms with Gasteiger partial charge in [0.25, 0.3) is 5.91 Å². The smallest absolute Gasteiger partial charge is 0.285 e. The number of nitrogens with zero attached hydrogens (tertiary/aromatic N) is 1.